The van der Waals surface area contributed by atoms with Crippen LogP contribution < -0.4 is 19.5 Å². The van der Waals surface area contributed by atoms with Gasteiger partial charge < -0.3 is 19.5 Å². The predicted molar refractivity (Wildman–Crippen MR) is 133 cm³/mol. The summed E-state index contributed by atoms with van der Waals surface area (Å²) >= 11 is 0. The summed E-state index contributed by atoms with van der Waals surface area (Å²) in [7, 11) is -3.23. The Labute approximate surface area is 201 Å². The SMILES string of the molecule is CC(C)NC(Cc1ccc(OCc2ccccc2)c(CS(C)(=O)=O)c1)c1ccc2c(c1)OCO2. The highest BCUT2D eigenvalue weighted by atomic mass is 32.2. The van der Waals surface area contributed by atoms with Gasteiger partial charge in [-0.05, 0) is 41.3 Å². The minimum Gasteiger partial charge on any atom is -0.489 e. The smallest absolute Gasteiger partial charge is 0.231 e. The Balaban J connectivity index is 1.59. The normalized spacial score (nSPS) is 13.8. The van der Waals surface area contributed by atoms with Crippen molar-refractivity contribution >= 4 is 9.84 Å². The summed E-state index contributed by atoms with van der Waals surface area (Å²) in [4.78, 5) is 0. The zero-order valence-electron chi connectivity index (χ0n) is 19.8. The molecular weight excluding hydrogens is 450 g/mol. The monoisotopic (exact) mass is 481 g/mol. The van der Waals surface area contributed by atoms with Crippen molar-refractivity contribution in [1.29, 1.82) is 0 Å². The molecule has 1 unspecified atom stereocenters. The Kier molecular flexibility index (Phi) is 7.44. The Morgan fingerprint density at radius 3 is 2.44 bits per heavy atom. The molecule has 0 aromatic heterocycles. The molecule has 7 heteroatoms. The topological polar surface area (TPSA) is 73.9 Å². The van der Waals surface area contributed by atoms with Crippen molar-refractivity contribution in [3.63, 3.8) is 0 Å². The number of benzene rings is 3. The van der Waals surface area contributed by atoms with Crippen molar-refractivity contribution in [2.24, 2.45) is 0 Å². The molecule has 3 aromatic carbocycles. The highest BCUT2D eigenvalue weighted by molar-refractivity contribution is 7.89. The van der Waals surface area contributed by atoms with Crippen LogP contribution in [0.3, 0.4) is 0 Å². The Bertz CT molecular complexity index is 1230. The third-order valence-electron chi connectivity index (χ3n) is 5.55. The van der Waals surface area contributed by atoms with Crippen molar-refractivity contribution in [2.45, 2.75) is 44.7 Å². The molecule has 0 spiro atoms. The highest BCUT2D eigenvalue weighted by Gasteiger charge is 2.20. The van der Waals surface area contributed by atoms with Crippen LogP contribution in [0.4, 0.5) is 0 Å². The molecule has 1 atom stereocenters. The van der Waals surface area contributed by atoms with Crippen molar-refractivity contribution < 1.29 is 22.6 Å². The van der Waals surface area contributed by atoms with Gasteiger partial charge in [-0.15, -0.1) is 0 Å². The van der Waals surface area contributed by atoms with E-state index in [4.69, 9.17) is 14.2 Å². The molecule has 1 heterocycles. The summed E-state index contributed by atoms with van der Waals surface area (Å²) in [6, 6.07) is 21.9. The first-order chi connectivity index (χ1) is 16.3. The first-order valence-electron chi connectivity index (χ1n) is 11.4. The Morgan fingerprint density at radius 2 is 1.71 bits per heavy atom. The molecule has 0 saturated carbocycles. The number of hydrogen-bond acceptors (Lipinski definition) is 6. The number of fused-ring (bicyclic) bond motifs is 1. The molecule has 1 N–H and O–H groups in total. The average molecular weight is 482 g/mol. The molecule has 180 valence electrons. The maximum Gasteiger partial charge on any atom is 0.231 e. The van der Waals surface area contributed by atoms with Crippen molar-refractivity contribution in [3.05, 3.63) is 89.0 Å². The Hall–Kier alpha value is -3.03. The summed E-state index contributed by atoms with van der Waals surface area (Å²) in [5, 5.41) is 3.62. The molecule has 1 aliphatic heterocycles. The van der Waals surface area contributed by atoms with Crippen LogP contribution in [-0.4, -0.2) is 27.5 Å². The van der Waals surface area contributed by atoms with Crippen LogP contribution in [-0.2, 0) is 28.6 Å². The summed E-state index contributed by atoms with van der Waals surface area (Å²) in [6.45, 7) is 4.83. The van der Waals surface area contributed by atoms with Gasteiger partial charge in [0.1, 0.15) is 12.4 Å². The molecule has 0 bridgehead atoms. The van der Waals surface area contributed by atoms with Crippen LogP contribution in [0, 0.1) is 0 Å². The first kappa shape index (κ1) is 24.1. The van der Waals surface area contributed by atoms with Gasteiger partial charge in [-0.3, -0.25) is 0 Å². The fraction of sp³-hybridized carbons (Fsp3) is 0.333. The van der Waals surface area contributed by atoms with E-state index in [1.165, 1.54) is 6.26 Å². The van der Waals surface area contributed by atoms with Crippen LogP contribution in [0.1, 0.15) is 42.1 Å². The van der Waals surface area contributed by atoms with Crippen LogP contribution in [0.2, 0.25) is 0 Å². The number of ether oxygens (including phenoxy) is 3. The zero-order chi connectivity index (χ0) is 24.1. The van der Waals surface area contributed by atoms with Crippen molar-refractivity contribution in [2.75, 3.05) is 13.0 Å². The Morgan fingerprint density at radius 1 is 0.941 bits per heavy atom. The van der Waals surface area contributed by atoms with Gasteiger partial charge in [0.2, 0.25) is 6.79 Å². The second-order valence-electron chi connectivity index (χ2n) is 8.98. The van der Waals surface area contributed by atoms with Gasteiger partial charge >= 0.3 is 0 Å². The standard InChI is InChI=1S/C27H31NO5S/c1-19(2)28-24(22-10-12-26-27(15-22)33-18-32-26)14-21-9-11-25(23(13-21)17-34(3,29)30)31-16-20-7-5-4-6-8-20/h4-13,15,19,24,28H,14,16-18H2,1-3H3. The molecule has 3 aromatic rings. The molecule has 1 aliphatic rings. The third-order valence-corrected chi connectivity index (χ3v) is 6.39. The number of nitrogens with one attached hydrogen (secondary N) is 1. The fourth-order valence-corrected chi connectivity index (χ4v) is 4.86. The van der Waals surface area contributed by atoms with Gasteiger partial charge in [-0.1, -0.05) is 62.4 Å². The molecule has 4 rings (SSSR count). The van der Waals surface area contributed by atoms with E-state index >= 15 is 0 Å². The van der Waals surface area contributed by atoms with E-state index in [1.807, 2.05) is 66.7 Å². The van der Waals surface area contributed by atoms with Crippen LogP contribution in [0.5, 0.6) is 17.2 Å². The lowest BCUT2D eigenvalue weighted by molar-refractivity contribution is 0.174. The maximum absolute atomic E-state index is 12.1. The second-order valence-corrected chi connectivity index (χ2v) is 11.1. The molecule has 6 nitrogen and oxygen atoms in total. The van der Waals surface area contributed by atoms with Crippen LogP contribution in [0.15, 0.2) is 66.7 Å². The first-order valence-corrected chi connectivity index (χ1v) is 13.4. The van der Waals surface area contributed by atoms with Crippen LogP contribution in [0.25, 0.3) is 0 Å². The molecule has 0 fully saturated rings. The largest absolute Gasteiger partial charge is 0.489 e. The molecule has 34 heavy (non-hydrogen) atoms. The molecular formula is C27H31NO5S. The van der Waals surface area contributed by atoms with Gasteiger partial charge in [0.05, 0.1) is 5.75 Å². The molecule has 0 saturated heterocycles. The van der Waals surface area contributed by atoms with E-state index in [9.17, 15) is 8.42 Å². The average Bonchev–Trinajstić information content (AvgIpc) is 3.25. The predicted octanol–water partition coefficient (Wildman–Crippen LogP) is 4.82. The molecule has 0 amide bonds. The quantitative estimate of drug-likeness (QED) is 0.448. The lowest BCUT2D eigenvalue weighted by atomic mass is 9.96. The van der Waals surface area contributed by atoms with Gasteiger partial charge in [0.25, 0.3) is 0 Å². The zero-order valence-corrected chi connectivity index (χ0v) is 20.6. The lowest BCUT2D eigenvalue weighted by Gasteiger charge is -2.23. The van der Waals surface area contributed by atoms with E-state index in [0.717, 1.165) is 28.2 Å². The van der Waals surface area contributed by atoms with Gasteiger partial charge in [-0.2, -0.15) is 0 Å². The third kappa shape index (κ3) is 6.52. The minimum atomic E-state index is -3.23. The van der Waals surface area contributed by atoms with Gasteiger partial charge in [0, 0.05) is 23.9 Å². The van der Waals surface area contributed by atoms with Gasteiger partial charge in [0.15, 0.2) is 21.3 Å². The summed E-state index contributed by atoms with van der Waals surface area (Å²) in [6.07, 6.45) is 1.93. The van der Waals surface area contributed by atoms with E-state index < -0.39 is 9.84 Å². The molecule has 0 radical (unpaired) electrons. The summed E-state index contributed by atoms with van der Waals surface area (Å²) in [5.74, 6) is 2.02. The lowest BCUT2D eigenvalue weighted by Crippen LogP contribution is -2.29. The maximum atomic E-state index is 12.1. The second kappa shape index (κ2) is 10.5. The van der Waals surface area contributed by atoms with Crippen molar-refractivity contribution in [3.8, 4) is 17.2 Å². The summed E-state index contributed by atoms with van der Waals surface area (Å²) < 4.78 is 41.3. The van der Waals surface area contributed by atoms with E-state index in [1.54, 1.807) is 0 Å². The van der Waals surface area contributed by atoms with Crippen LogP contribution >= 0.6 is 0 Å². The van der Waals surface area contributed by atoms with Crippen molar-refractivity contribution in [1.82, 2.24) is 5.32 Å². The highest BCUT2D eigenvalue weighted by Crippen LogP contribution is 2.35. The van der Waals surface area contributed by atoms with Gasteiger partial charge in [-0.25, -0.2) is 8.42 Å². The number of sulfone groups is 1. The fourth-order valence-electron chi connectivity index (χ4n) is 4.07. The van der Waals surface area contributed by atoms with E-state index in [2.05, 4.69) is 19.2 Å². The minimum absolute atomic E-state index is 0.0247. The number of hydrogen-bond donors (Lipinski definition) is 1. The number of rotatable bonds is 10. The molecule has 0 aliphatic carbocycles. The van der Waals surface area contributed by atoms with E-state index in [0.29, 0.717) is 24.3 Å². The van der Waals surface area contributed by atoms with E-state index in [-0.39, 0.29) is 24.6 Å². The summed E-state index contributed by atoms with van der Waals surface area (Å²) in [5.41, 5.74) is 3.82.